The maximum Gasteiger partial charge on any atom is 0.498 e. The minimum absolute atomic E-state index is 0.264. The molecular formula is C23H37BFNO2Si. The zero-order chi connectivity index (χ0) is 21.9. The van der Waals surface area contributed by atoms with Crippen molar-refractivity contribution in [3.63, 3.8) is 0 Å². The van der Waals surface area contributed by atoms with Gasteiger partial charge >= 0.3 is 7.12 Å². The lowest BCUT2D eigenvalue weighted by Crippen LogP contribution is -2.51. The van der Waals surface area contributed by atoms with Gasteiger partial charge < -0.3 is 13.5 Å². The molecule has 0 bridgehead atoms. The van der Waals surface area contributed by atoms with Crippen LogP contribution in [0.4, 0.5) is 4.39 Å². The molecule has 0 aliphatic carbocycles. The topological polar surface area (TPSA) is 23.4 Å². The molecule has 160 valence electrons. The highest BCUT2D eigenvalue weighted by molar-refractivity contribution is 6.82. The first-order valence-corrected chi connectivity index (χ1v) is 13.1. The molecule has 3 nitrogen and oxygen atoms in total. The lowest BCUT2D eigenvalue weighted by Gasteiger charge is -2.44. The molecule has 2 aromatic rings. The van der Waals surface area contributed by atoms with E-state index in [2.05, 4.69) is 58.0 Å². The van der Waals surface area contributed by atoms with E-state index >= 15 is 4.39 Å². The summed E-state index contributed by atoms with van der Waals surface area (Å²) in [5.41, 5.74) is 2.30. The van der Waals surface area contributed by atoms with Crippen molar-refractivity contribution in [2.24, 2.45) is 0 Å². The molecule has 1 aliphatic heterocycles. The zero-order valence-electron chi connectivity index (χ0n) is 19.8. The molecule has 1 aliphatic rings. The third-order valence-corrected chi connectivity index (χ3v) is 14.3. The Balaban J connectivity index is 2.23. The number of hydrogen-bond acceptors (Lipinski definition) is 2. The van der Waals surface area contributed by atoms with Crippen LogP contribution in [0.15, 0.2) is 24.4 Å². The van der Waals surface area contributed by atoms with Gasteiger partial charge in [0.25, 0.3) is 0 Å². The molecule has 1 aromatic carbocycles. The van der Waals surface area contributed by atoms with Gasteiger partial charge in [-0.05, 0) is 68.7 Å². The van der Waals surface area contributed by atoms with Gasteiger partial charge in [0, 0.05) is 16.4 Å². The zero-order valence-corrected chi connectivity index (χ0v) is 20.8. The molecule has 0 unspecified atom stereocenters. The fourth-order valence-corrected chi connectivity index (χ4v) is 12.2. The summed E-state index contributed by atoms with van der Waals surface area (Å²) in [6.45, 7) is 22.1. The highest BCUT2D eigenvalue weighted by Gasteiger charge is 2.53. The Morgan fingerprint density at radius 3 is 1.79 bits per heavy atom. The molecule has 0 N–H and O–H groups in total. The summed E-state index contributed by atoms with van der Waals surface area (Å²) in [5, 5.41) is 0.905. The molecule has 1 aromatic heterocycles. The molecule has 0 spiro atoms. The van der Waals surface area contributed by atoms with Gasteiger partial charge in [-0.3, -0.25) is 0 Å². The summed E-state index contributed by atoms with van der Waals surface area (Å²) < 4.78 is 30.0. The first kappa shape index (κ1) is 22.6. The number of fused-ring (bicyclic) bond motifs is 1. The second-order valence-electron chi connectivity index (χ2n) is 10.5. The number of benzene rings is 1. The van der Waals surface area contributed by atoms with E-state index < -0.39 is 26.6 Å². The van der Waals surface area contributed by atoms with Crippen molar-refractivity contribution in [3.8, 4) is 0 Å². The van der Waals surface area contributed by atoms with Crippen LogP contribution in [0.2, 0.25) is 16.6 Å². The number of nitrogens with zero attached hydrogens (tertiary/aromatic N) is 1. The molecule has 1 saturated heterocycles. The second kappa shape index (κ2) is 7.24. The van der Waals surface area contributed by atoms with Crippen molar-refractivity contribution in [2.45, 2.75) is 97.1 Å². The lowest BCUT2D eigenvalue weighted by molar-refractivity contribution is 0.00578. The van der Waals surface area contributed by atoms with Crippen LogP contribution in [0, 0.1) is 5.82 Å². The monoisotopic (exact) mass is 417 g/mol. The average Bonchev–Trinajstić information content (AvgIpc) is 3.05. The van der Waals surface area contributed by atoms with Gasteiger partial charge in [0.2, 0.25) is 0 Å². The van der Waals surface area contributed by atoms with Crippen LogP contribution in [-0.2, 0) is 9.31 Å². The Labute approximate surface area is 177 Å². The summed E-state index contributed by atoms with van der Waals surface area (Å²) in [5.74, 6) is -0.264. The Hall–Kier alpha value is -1.11. The molecule has 2 heterocycles. The Morgan fingerprint density at radius 1 is 0.862 bits per heavy atom. The minimum atomic E-state index is -1.94. The molecule has 0 amide bonds. The van der Waals surface area contributed by atoms with E-state index in [1.807, 2.05) is 33.8 Å². The number of hydrogen-bond donors (Lipinski definition) is 0. The SMILES string of the molecule is CC(C)[Si](C(C)C)(C(C)C)n1ccc2c(B3OC(C)(C)C(C)(C)O3)c(F)ccc21. The van der Waals surface area contributed by atoms with Gasteiger partial charge in [-0.15, -0.1) is 0 Å². The van der Waals surface area contributed by atoms with Crippen LogP contribution in [-0.4, -0.2) is 30.8 Å². The number of halogens is 1. The van der Waals surface area contributed by atoms with Crippen molar-refractivity contribution in [1.82, 2.24) is 4.23 Å². The molecule has 3 rings (SSSR count). The Bertz CT molecular complexity index is 866. The van der Waals surface area contributed by atoms with Crippen LogP contribution in [0.5, 0.6) is 0 Å². The largest absolute Gasteiger partial charge is 0.498 e. The van der Waals surface area contributed by atoms with Crippen molar-refractivity contribution in [1.29, 1.82) is 0 Å². The minimum Gasteiger partial charge on any atom is -0.399 e. The summed E-state index contributed by atoms with van der Waals surface area (Å²) in [6, 6.07) is 5.58. The van der Waals surface area contributed by atoms with Gasteiger partial charge in [-0.25, -0.2) is 4.39 Å². The van der Waals surface area contributed by atoms with Crippen molar-refractivity contribution in [2.75, 3.05) is 0 Å². The molecule has 6 heteroatoms. The van der Waals surface area contributed by atoms with Crippen LogP contribution in [0.3, 0.4) is 0 Å². The molecule has 29 heavy (non-hydrogen) atoms. The first-order chi connectivity index (χ1) is 13.3. The van der Waals surface area contributed by atoms with Crippen molar-refractivity contribution >= 4 is 31.7 Å². The van der Waals surface area contributed by atoms with Gasteiger partial charge in [0.05, 0.1) is 11.2 Å². The lowest BCUT2D eigenvalue weighted by atomic mass is 9.76. The van der Waals surface area contributed by atoms with E-state index in [0.29, 0.717) is 22.1 Å². The van der Waals surface area contributed by atoms with Crippen LogP contribution in [0.25, 0.3) is 10.9 Å². The normalized spacial score (nSPS) is 19.3. The van der Waals surface area contributed by atoms with E-state index in [9.17, 15) is 0 Å². The van der Waals surface area contributed by atoms with Gasteiger partial charge in [-0.2, -0.15) is 0 Å². The van der Waals surface area contributed by atoms with Crippen molar-refractivity contribution in [3.05, 3.63) is 30.2 Å². The highest BCUT2D eigenvalue weighted by atomic mass is 28.3. The average molecular weight is 417 g/mol. The molecule has 0 radical (unpaired) electrons. The van der Waals surface area contributed by atoms with Crippen LogP contribution >= 0.6 is 0 Å². The maximum atomic E-state index is 15.1. The fourth-order valence-electron chi connectivity index (χ4n) is 5.59. The van der Waals surface area contributed by atoms with Crippen LogP contribution < -0.4 is 5.46 Å². The Morgan fingerprint density at radius 2 is 1.34 bits per heavy atom. The smallest absolute Gasteiger partial charge is 0.399 e. The number of aromatic nitrogens is 1. The van der Waals surface area contributed by atoms with Crippen molar-refractivity contribution < 1.29 is 13.7 Å². The molecular weight excluding hydrogens is 380 g/mol. The van der Waals surface area contributed by atoms with Gasteiger partial charge in [0.1, 0.15) is 5.82 Å². The predicted octanol–water partition coefficient (Wildman–Crippen LogP) is 6.10. The fraction of sp³-hybridized carbons (Fsp3) is 0.652. The van der Waals surface area contributed by atoms with E-state index in [1.165, 1.54) is 0 Å². The highest BCUT2D eigenvalue weighted by Crippen LogP contribution is 2.44. The third-order valence-electron chi connectivity index (χ3n) is 7.54. The van der Waals surface area contributed by atoms with E-state index in [-0.39, 0.29) is 5.82 Å². The van der Waals surface area contributed by atoms with Gasteiger partial charge in [-0.1, -0.05) is 41.5 Å². The standard InChI is InChI=1S/C23H37BFNO2Si/c1-15(2)29(16(3)4,17(5)6)26-14-13-18-20(26)12-11-19(25)21(18)24-27-22(7,8)23(9,10)28-24/h11-17H,1-10H3. The predicted molar refractivity (Wildman–Crippen MR) is 124 cm³/mol. The van der Waals surface area contributed by atoms with E-state index in [1.54, 1.807) is 6.07 Å². The number of rotatable bonds is 5. The maximum absolute atomic E-state index is 15.1. The summed E-state index contributed by atoms with van der Waals surface area (Å²) in [4.78, 5) is 0. The third kappa shape index (κ3) is 3.22. The van der Waals surface area contributed by atoms with E-state index in [0.717, 1.165) is 10.9 Å². The Kier molecular flexibility index (Phi) is 5.64. The van der Waals surface area contributed by atoms with Crippen LogP contribution in [0.1, 0.15) is 69.2 Å². The molecule has 0 atom stereocenters. The quantitative estimate of drug-likeness (QED) is 0.549. The second-order valence-corrected chi connectivity index (χ2v) is 16.2. The molecule has 0 saturated carbocycles. The first-order valence-electron chi connectivity index (χ1n) is 10.9. The summed E-state index contributed by atoms with van der Waals surface area (Å²) >= 11 is 0. The van der Waals surface area contributed by atoms with Gasteiger partial charge in [0.15, 0.2) is 8.24 Å². The van der Waals surface area contributed by atoms with E-state index in [4.69, 9.17) is 9.31 Å². The summed E-state index contributed by atoms with van der Waals surface area (Å²) in [7, 11) is -2.64. The summed E-state index contributed by atoms with van der Waals surface area (Å²) in [6.07, 6.45) is 2.19. The molecule has 1 fully saturated rings.